The van der Waals surface area contributed by atoms with Crippen LogP contribution in [0, 0.1) is 0 Å². The Kier molecular flexibility index (Phi) is 4.54. The number of nitrogens with zero attached hydrogens (tertiary/aromatic N) is 3. The molecule has 0 saturated heterocycles. The van der Waals surface area contributed by atoms with Crippen molar-refractivity contribution in [1.82, 2.24) is 19.9 Å². The van der Waals surface area contributed by atoms with Crippen LogP contribution in [0.2, 0.25) is 0 Å². The van der Waals surface area contributed by atoms with Crippen LogP contribution < -0.4 is 10.6 Å². The quantitative estimate of drug-likeness (QED) is 0.715. The maximum absolute atomic E-state index is 4.53. The van der Waals surface area contributed by atoms with Gasteiger partial charge in [-0.05, 0) is 19.8 Å². The number of hydrogen-bond acceptors (Lipinski definition) is 5. The molecule has 2 heterocycles. The van der Waals surface area contributed by atoms with E-state index in [2.05, 4.69) is 44.4 Å². The summed E-state index contributed by atoms with van der Waals surface area (Å²) in [6.07, 6.45) is 5.01. The first-order chi connectivity index (χ1) is 9.28. The molecule has 2 rings (SSSR count). The van der Waals surface area contributed by atoms with E-state index in [1.165, 1.54) is 0 Å². The van der Waals surface area contributed by atoms with Crippen molar-refractivity contribution in [1.29, 1.82) is 0 Å². The smallest absolute Gasteiger partial charge is 0.226 e. The van der Waals surface area contributed by atoms with Crippen molar-refractivity contribution >= 4 is 22.9 Å². The van der Waals surface area contributed by atoms with Gasteiger partial charge in [0.1, 0.15) is 5.52 Å². The summed E-state index contributed by atoms with van der Waals surface area (Å²) in [5, 5.41) is 6.63. The molecule has 3 N–H and O–H groups in total. The van der Waals surface area contributed by atoms with E-state index in [1.807, 2.05) is 6.92 Å². The lowest BCUT2D eigenvalue weighted by molar-refractivity contribution is 0.621. The molecule has 0 bridgehead atoms. The van der Waals surface area contributed by atoms with Gasteiger partial charge in [-0.1, -0.05) is 20.3 Å². The van der Waals surface area contributed by atoms with E-state index in [-0.39, 0.29) is 0 Å². The lowest BCUT2D eigenvalue weighted by Gasteiger charge is -2.17. The molecule has 0 aromatic carbocycles. The number of H-pyrrole nitrogens is 1. The van der Waals surface area contributed by atoms with Crippen molar-refractivity contribution in [3.8, 4) is 0 Å². The maximum atomic E-state index is 4.53. The van der Waals surface area contributed by atoms with Gasteiger partial charge in [0.15, 0.2) is 11.5 Å². The van der Waals surface area contributed by atoms with Crippen molar-refractivity contribution < 1.29 is 0 Å². The van der Waals surface area contributed by atoms with Gasteiger partial charge in [0, 0.05) is 12.6 Å². The van der Waals surface area contributed by atoms with E-state index in [9.17, 15) is 0 Å². The molecule has 1 atom stereocenters. The Morgan fingerprint density at radius 3 is 2.79 bits per heavy atom. The minimum absolute atomic E-state index is 0.431. The zero-order valence-corrected chi connectivity index (χ0v) is 11.8. The third-order valence-electron chi connectivity index (χ3n) is 3.09. The number of aromatic nitrogens is 4. The van der Waals surface area contributed by atoms with Crippen LogP contribution >= 0.6 is 0 Å². The number of aromatic amines is 1. The number of fused-ring (bicyclic) bond motifs is 1. The van der Waals surface area contributed by atoms with Crippen molar-refractivity contribution in [3.05, 3.63) is 6.33 Å². The Balaban J connectivity index is 2.31. The Morgan fingerprint density at radius 1 is 1.26 bits per heavy atom. The lowest BCUT2D eigenvalue weighted by atomic mass is 10.1. The average Bonchev–Trinajstić information content (AvgIpc) is 2.87. The molecule has 2 aromatic rings. The fourth-order valence-corrected chi connectivity index (χ4v) is 2.09. The molecule has 0 saturated carbocycles. The number of nitrogens with one attached hydrogen (secondary N) is 3. The molecular weight excluding hydrogens is 240 g/mol. The molecule has 2 aromatic heterocycles. The summed E-state index contributed by atoms with van der Waals surface area (Å²) in [5.41, 5.74) is 1.57. The number of rotatable bonds is 7. The predicted octanol–water partition coefficient (Wildman–Crippen LogP) is 2.78. The van der Waals surface area contributed by atoms with E-state index in [0.29, 0.717) is 17.6 Å². The highest BCUT2D eigenvalue weighted by Crippen LogP contribution is 2.20. The fourth-order valence-electron chi connectivity index (χ4n) is 2.09. The van der Waals surface area contributed by atoms with E-state index in [4.69, 9.17) is 0 Å². The van der Waals surface area contributed by atoms with Crippen LogP contribution in [0.25, 0.3) is 11.2 Å². The predicted molar refractivity (Wildman–Crippen MR) is 78.5 cm³/mol. The van der Waals surface area contributed by atoms with E-state index in [0.717, 1.165) is 37.1 Å². The van der Waals surface area contributed by atoms with Crippen LogP contribution in [0.4, 0.5) is 11.8 Å². The first-order valence-electron chi connectivity index (χ1n) is 6.99. The Labute approximate surface area is 113 Å². The van der Waals surface area contributed by atoms with Gasteiger partial charge in [0.2, 0.25) is 5.95 Å². The zero-order chi connectivity index (χ0) is 13.7. The highest BCUT2D eigenvalue weighted by molar-refractivity contribution is 5.83. The van der Waals surface area contributed by atoms with Crippen LogP contribution in [0.5, 0.6) is 0 Å². The molecular formula is C13H22N6. The highest BCUT2D eigenvalue weighted by atomic mass is 15.2. The fraction of sp³-hybridized carbons (Fsp3) is 0.615. The molecule has 0 aliphatic rings. The topological polar surface area (TPSA) is 78.5 Å². The van der Waals surface area contributed by atoms with Gasteiger partial charge in [0.25, 0.3) is 0 Å². The van der Waals surface area contributed by atoms with Crippen molar-refractivity contribution in [2.24, 2.45) is 0 Å². The Bertz CT molecular complexity index is 521. The normalized spacial score (nSPS) is 12.6. The molecule has 6 heteroatoms. The van der Waals surface area contributed by atoms with Gasteiger partial charge in [-0.25, -0.2) is 4.98 Å². The van der Waals surface area contributed by atoms with Gasteiger partial charge in [-0.2, -0.15) is 9.97 Å². The summed E-state index contributed by atoms with van der Waals surface area (Å²) in [6, 6.07) is 0.431. The number of imidazole rings is 1. The van der Waals surface area contributed by atoms with Crippen LogP contribution in [0.1, 0.15) is 40.0 Å². The zero-order valence-electron chi connectivity index (χ0n) is 11.8. The van der Waals surface area contributed by atoms with Crippen molar-refractivity contribution in [3.63, 3.8) is 0 Å². The first kappa shape index (κ1) is 13.6. The third kappa shape index (κ3) is 3.13. The van der Waals surface area contributed by atoms with Gasteiger partial charge in [0.05, 0.1) is 6.33 Å². The van der Waals surface area contributed by atoms with Crippen LogP contribution in [-0.4, -0.2) is 32.5 Å². The Morgan fingerprint density at radius 2 is 2.11 bits per heavy atom. The van der Waals surface area contributed by atoms with Crippen molar-refractivity contribution in [2.45, 2.75) is 46.1 Å². The molecule has 19 heavy (non-hydrogen) atoms. The van der Waals surface area contributed by atoms with E-state index < -0.39 is 0 Å². The maximum Gasteiger partial charge on any atom is 0.226 e. The second-order valence-corrected chi connectivity index (χ2v) is 4.57. The molecule has 0 fully saturated rings. The Hall–Kier alpha value is -1.85. The second kappa shape index (κ2) is 6.36. The van der Waals surface area contributed by atoms with E-state index in [1.54, 1.807) is 6.33 Å². The van der Waals surface area contributed by atoms with E-state index >= 15 is 0 Å². The third-order valence-corrected chi connectivity index (χ3v) is 3.09. The molecule has 0 amide bonds. The second-order valence-electron chi connectivity index (χ2n) is 4.57. The summed E-state index contributed by atoms with van der Waals surface area (Å²) in [6.45, 7) is 7.20. The van der Waals surface area contributed by atoms with Crippen molar-refractivity contribution in [2.75, 3.05) is 17.2 Å². The molecule has 1 unspecified atom stereocenters. The SMILES string of the molecule is CCCC(CC)Nc1nc(NCC)nc2nc[nH]c12. The lowest BCUT2D eigenvalue weighted by Crippen LogP contribution is -2.19. The van der Waals surface area contributed by atoms with Crippen LogP contribution in [0.15, 0.2) is 6.33 Å². The summed E-state index contributed by atoms with van der Waals surface area (Å²) in [4.78, 5) is 16.2. The van der Waals surface area contributed by atoms with Crippen LogP contribution in [0.3, 0.4) is 0 Å². The van der Waals surface area contributed by atoms with Gasteiger partial charge < -0.3 is 15.6 Å². The summed E-state index contributed by atoms with van der Waals surface area (Å²) >= 11 is 0. The van der Waals surface area contributed by atoms with Crippen LogP contribution in [-0.2, 0) is 0 Å². The monoisotopic (exact) mass is 262 g/mol. The number of hydrogen-bond donors (Lipinski definition) is 3. The molecule has 0 spiro atoms. The molecule has 6 nitrogen and oxygen atoms in total. The summed E-state index contributed by atoms with van der Waals surface area (Å²) in [7, 11) is 0. The molecule has 0 aliphatic carbocycles. The van der Waals surface area contributed by atoms with Gasteiger partial charge >= 0.3 is 0 Å². The van der Waals surface area contributed by atoms with Gasteiger partial charge in [-0.3, -0.25) is 0 Å². The average molecular weight is 262 g/mol. The number of anilines is 2. The molecule has 0 aliphatic heterocycles. The van der Waals surface area contributed by atoms with Gasteiger partial charge in [-0.15, -0.1) is 0 Å². The molecule has 104 valence electrons. The summed E-state index contributed by atoms with van der Waals surface area (Å²) in [5.74, 6) is 1.45. The largest absolute Gasteiger partial charge is 0.365 e. The molecule has 0 radical (unpaired) electrons. The summed E-state index contributed by atoms with van der Waals surface area (Å²) < 4.78 is 0. The highest BCUT2D eigenvalue weighted by Gasteiger charge is 2.12. The minimum atomic E-state index is 0.431. The standard InChI is InChI=1S/C13H22N6/c1-4-7-9(5-2)17-12-10-11(16-8-15-10)18-13(19-12)14-6-3/h8-9H,4-7H2,1-3H3,(H3,14,15,16,17,18,19). The minimum Gasteiger partial charge on any atom is -0.365 e. The first-order valence-corrected chi connectivity index (χ1v) is 6.99.